The maximum absolute atomic E-state index is 11.2. The molecule has 0 radical (unpaired) electrons. The smallest absolute Gasteiger partial charge is 0.360 e. The number of anilines is 1. The first-order chi connectivity index (χ1) is 7.14. The molecule has 1 aromatic heterocycles. The van der Waals surface area contributed by atoms with Crippen LogP contribution in [0.15, 0.2) is 6.33 Å². The fraction of sp³-hybridized carbons (Fsp3) is 0.444. The van der Waals surface area contributed by atoms with Crippen LogP contribution in [0.4, 0.5) is 5.82 Å². The summed E-state index contributed by atoms with van der Waals surface area (Å²) in [5.41, 5.74) is 5.20. The van der Waals surface area contributed by atoms with Gasteiger partial charge in [-0.1, -0.05) is 0 Å². The number of esters is 1. The number of nitrogen functional groups attached to an aromatic ring is 1. The van der Waals surface area contributed by atoms with Gasteiger partial charge in [-0.05, 0) is 12.8 Å². The predicted molar refractivity (Wildman–Crippen MR) is 50.8 cm³/mol. The fourth-order valence-corrected chi connectivity index (χ4v) is 1.48. The van der Waals surface area contributed by atoms with E-state index in [1.54, 1.807) is 4.57 Å². The zero-order valence-corrected chi connectivity index (χ0v) is 8.23. The Kier molecular flexibility index (Phi) is 1.89. The van der Waals surface area contributed by atoms with E-state index in [2.05, 4.69) is 15.8 Å². The quantitative estimate of drug-likeness (QED) is 0.700. The molecule has 1 heterocycles. The van der Waals surface area contributed by atoms with E-state index < -0.39 is 11.5 Å². The summed E-state index contributed by atoms with van der Waals surface area (Å²) in [6.07, 6.45) is 2.90. The molecule has 1 aliphatic carbocycles. The number of ether oxygens (including phenoxy) is 1. The number of hydrogen-bond acceptors (Lipinski definition) is 5. The van der Waals surface area contributed by atoms with Gasteiger partial charge in [0.2, 0.25) is 0 Å². The van der Waals surface area contributed by atoms with Gasteiger partial charge in [0.1, 0.15) is 11.4 Å². The molecule has 0 aliphatic heterocycles. The van der Waals surface area contributed by atoms with Crippen LogP contribution in [0.5, 0.6) is 0 Å². The molecule has 0 saturated heterocycles. The van der Waals surface area contributed by atoms with Crippen molar-refractivity contribution in [2.75, 3.05) is 12.8 Å². The van der Waals surface area contributed by atoms with E-state index in [1.807, 2.05) is 0 Å². The molecule has 15 heavy (non-hydrogen) atoms. The second kappa shape index (κ2) is 2.98. The van der Waals surface area contributed by atoms with Gasteiger partial charge < -0.3 is 10.5 Å². The Morgan fingerprint density at radius 3 is 2.93 bits per heavy atom. The summed E-state index contributed by atoms with van der Waals surface area (Å²) in [6, 6.07) is 2.17. The van der Waals surface area contributed by atoms with Crippen molar-refractivity contribution in [1.29, 1.82) is 5.26 Å². The highest BCUT2D eigenvalue weighted by Crippen LogP contribution is 2.44. The van der Waals surface area contributed by atoms with E-state index >= 15 is 0 Å². The van der Waals surface area contributed by atoms with Gasteiger partial charge in [0.05, 0.1) is 19.5 Å². The van der Waals surface area contributed by atoms with Crippen molar-refractivity contribution in [2.24, 2.45) is 0 Å². The van der Waals surface area contributed by atoms with Crippen LogP contribution in [0.25, 0.3) is 0 Å². The summed E-state index contributed by atoms with van der Waals surface area (Å²) in [4.78, 5) is 15.1. The molecule has 2 rings (SSSR count). The van der Waals surface area contributed by atoms with Crippen molar-refractivity contribution in [3.8, 4) is 6.07 Å². The van der Waals surface area contributed by atoms with Crippen molar-refractivity contribution < 1.29 is 9.53 Å². The molecule has 0 aromatic carbocycles. The van der Waals surface area contributed by atoms with E-state index in [0.29, 0.717) is 0 Å². The van der Waals surface area contributed by atoms with Gasteiger partial charge in [0.15, 0.2) is 5.69 Å². The number of carbonyl (C=O) groups is 1. The molecule has 0 amide bonds. The maximum Gasteiger partial charge on any atom is 0.360 e. The van der Waals surface area contributed by atoms with Crippen molar-refractivity contribution in [3.63, 3.8) is 0 Å². The SMILES string of the molecule is COC(=O)c1ncn(C2(C#N)CC2)c1N. The first-order valence-electron chi connectivity index (χ1n) is 4.47. The first-order valence-corrected chi connectivity index (χ1v) is 4.47. The highest BCUT2D eigenvalue weighted by molar-refractivity contribution is 5.92. The number of carbonyl (C=O) groups excluding carboxylic acids is 1. The molecule has 2 N–H and O–H groups in total. The van der Waals surface area contributed by atoms with Crippen LogP contribution in [-0.4, -0.2) is 22.6 Å². The molecule has 0 atom stereocenters. The molecule has 0 unspecified atom stereocenters. The summed E-state index contributed by atoms with van der Waals surface area (Å²) in [7, 11) is 1.26. The van der Waals surface area contributed by atoms with Crippen molar-refractivity contribution in [3.05, 3.63) is 12.0 Å². The van der Waals surface area contributed by atoms with Crippen LogP contribution < -0.4 is 5.73 Å². The second-order valence-corrected chi connectivity index (χ2v) is 3.48. The third-order valence-electron chi connectivity index (χ3n) is 2.58. The molecule has 78 valence electrons. The molecule has 0 bridgehead atoms. The minimum Gasteiger partial charge on any atom is -0.464 e. The van der Waals surface area contributed by atoms with Crippen LogP contribution in [0.3, 0.4) is 0 Å². The minimum atomic E-state index is -0.594. The Labute approximate surface area is 86.3 Å². The Morgan fingerprint density at radius 1 is 1.80 bits per heavy atom. The second-order valence-electron chi connectivity index (χ2n) is 3.48. The average Bonchev–Trinajstić information content (AvgIpc) is 2.96. The van der Waals surface area contributed by atoms with Gasteiger partial charge in [-0.25, -0.2) is 9.78 Å². The highest BCUT2D eigenvalue weighted by Gasteiger charge is 2.47. The lowest BCUT2D eigenvalue weighted by Gasteiger charge is -2.09. The van der Waals surface area contributed by atoms with Gasteiger partial charge in [0, 0.05) is 0 Å². The lowest BCUT2D eigenvalue weighted by Crippen LogP contribution is -2.17. The monoisotopic (exact) mass is 206 g/mol. The molecule has 1 saturated carbocycles. The summed E-state index contributed by atoms with van der Waals surface area (Å²) < 4.78 is 6.06. The fourth-order valence-electron chi connectivity index (χ4n) is 1.48. The number of rotatable bonds is 2. The maximum atomic E-state index is 11.2. The van der Waals surface area contributed by atoms with E-state index in [4.69, 9.17) is 11.0 Å². The topological polar surface area (TPSA) is 93.9 Å². The zero-order valence-electron chi connectivity index (χ0n) is 8.23. The number of hydrogen-bond donors (Lipinski definition) is 1. The van der Waals surface area contributed by atoms with Crippen molar-refractivity contribution >= 4 is 11.8 Å². The van der Waals surface area contributed by atoms with E-state index in [1.165, 1.54) is 13.4 Å². The van der Waals surface area contributed by atoms with Crippen LogP contribution in [0.2, 0.25) is 0 Å². The Bertz CT molecular complexity index is 453. The Morgan fingerprint density at radius 2 is 2.47 bits per heavy atom. The third-order valence-corrected chi connectivity index (χ3v) is 2.58. The highest BCUT2D eigenvalue weighted by atomic mass is 16.5. The zero-order chi connectivity index (χ0) is 11.1. The van der Waals surface area contributed by atoms with Crippen molar-refractivity contribution in [1.82, 2.24) is 9.55 Å². The number of nitriles is 1. The summed E-state index contributed by atoms with van der Waals surface area (Å²) in [6.45, 7) is 0. The van der Waals surface area contributed by atoms with Crippen LogP contribution in [0.1, 0.15) is 23.3 Å². The molecular weight excluding hydrogens is 196 g/mol. The Balaban J connectivity index is 2.41. The predicted octanol–water partition coefficient (Wildman–Crippen LogP) is 0.265. The third kappa shape index (κ3) is 1.24. The number of methoxy groups -OCH3 is 1. The summed E-state index contributed by atoms with van der Waals surface area (Å²) in [5.74, 6) is -0.388. The number of imidazole rings is 1. The van der Waals surface area contributed by atoms with Gasteiger partial charge in [-0.15, -0.1) is 0 Å². The summed E-state index contributed by atoms with van der Waals surface area (Å²) in [5, 5.41) is 8.97. The minimum absolute atomic E-state index is 0.0685. The lowest BCUT2D eigenvalue weighted by atomic mass is 10.3. The van der Waals surface area contributed by atoms with Crippen molar-refractivity contribution in [2.45, 2.75) is 18.4 Å². The number of nitrogens with zero attached hydrogens (tertiary/aromatic N) is 3. The number of aromatic nitrogens is 2. The van der Waals surface area contributed by atoms with Crippen LogP contribution in [0, 0.1) is 11.3 Å². The van der Waals surface area contributed by atoms with E-state index in [9.17, 15) is 4.79 Å². The average molecular weight is 206 g/mol. The van der Waals surface area contributed by atoms with Gasteiger partial charge in [-0.2, -0.15) is 5.26 Å². The molecule has 1 aromatic rings. The molecule has 1 fully saturated rings. The van der Waals surface area contributed by atoms with E-state index in [0.717, 1.165) is 12.8 Å². The number of nitrogens with two attached hydrogens (primary N) is 1. The molecule has 6 heteroatoms. The molecule has 1 aliphatic rings. The largest absolute Gasteiger partial charge is 0.464 e. The van der Waals surface area contributed by atoms with E-state index in [-0.39, 0.29) is 11.5 Å². The summed E-state index contributed by atoms with van der Waals surface area (Å²) >= 11 is 0. The Hall–Kier alpha value is -2.03. The normalized spacial score (nSPS) is 16.8. The van der Waals surface area contributed by atoms with Crippen LogP contribution in [-0.2, 0) is 10.3 Å². The molecular formula is C9H10N4O2. The standard InChI is InChI=1S/C9H10N4O2/c1-15-8(14)6-7(11)13(5-12-6)9(4-10)2-3-9/h5H,2-3,11H2,1H3. The first kappa shape index (κ1) is 9.52. The molecule has 0 spiro atoms. The van der Waals surface area contributed by atoms with Gasteiger partial charge >= 0.3 is 5.97 Å². The van der Waals surface area contributed by atoms with Crippen LogP contribution >= 0.6 is 0 Å². The lowest BCUT2D eigenvalue weighted by molar-refractivity contribution is 0.0596. The van der Waals surface area contributed by atoms with Gasteiger partial charge in [0.25, 0.3) is 0 Å². The molecule has 6 nitrogen and oxygen atoms in total. The van der Waals surface area contributed by atoms with Gasteiger partial charge in [-0.3, -0.25) is 4.57 Å².